The molecule has 176 valence electrons. The number of rotatable bonds is 7. The zero-order valence-electron chi connectivity index (χ0n) is 19.1. The lowest BCUT2D eigenvalue weighted by Crippen LogP contribution is -2.54. The zero-order chi connectivity index (χ0) is 23.7. The van der Waals surface area contributed by atoms with Gasteiger partial charge in [-0.3, -0.25) is 14.5 Å². The monoisotopic (exact) mass is 464 g/mol. The minimum absolute atomic E-state index is 0.0327. The molecule has 1 aromatic rings. The van der Waals surface area contributed by atoms with Crippen LogP contribution in [0.25, 0.3) is 0 Å². The molecule has 2 unspecified atom stereocenters. The Balaban J connectivity index is 1.58. The van der Waals surface area contributed by atoms with Gasteiger partial charge in [-0.2, -0.15) is 4.31 Å². The average Bonchev–Trinajstić information content (AvgIpc) is 2.99. The summed E-state index contributed by atoms with van der Waals surface area (Å²) < 4.78 is 26.4. The van der Waals surface area contributed by atoms with E-state index in [0.29, 0.717) is 12.0 Å². The van der Waals surface area contributed by atoms with Gasteiger partial charge in [0, 0.05) is 19.6 Å². The topological polar surface area (TPSA) is 116 Å². The highest BCUT2D eigenvalue weighted by Crippen LogP contribution is 2.38. The maximum atomic E-state index is 12.9. The summed E-state index contributed by atoms with van der Waals surface area (Å²) in [5, 5.41) is 5.53. The van der Waals surface area contributed by atoms with Gasteiger partial charge in [-0.1, -0.05) is 31.9 Å². The largest absolute Gasteiger partial charge is 0.350 e. The number of imide groups is 1. The highest BCUT2D eigenvalue weighted by atomic mass is 32.2. The zero-order valence-corrected chi connectivity index (χ0v) is 19.9. The molecule has 9 nitrogen and oxygen atoms in total. The first kappa shape index (κ1) is 24.2. The maximum Gasteiger partial charge on any atom is 0.325 e. The van der Waals surface area contributed by atoms with Crippen LogP contribution in [0.2, 0.25) is 0 Å². The van der Waals surface area contributed by atoms with Gasteiger partial charge >= 0.3 is 6.03 Å². The Hall–Kier alpha value is -2.46. The van der Waals surface area contributed by atoms with E-state index in [2.05, 4.69) is 10.6 Å². The first-order chi connectivity index (χ1) is 15.0. The molecule has 3 rings (SSSR count). The van der Waals surface area contributed by atoms with Crippen LogP contribution in [0.15, 0.2) is 29.2 Å². The molecule has 1 aromatic carbocycles. The molecule has 0 radical (unpaired) electrons. The molecule has 2 atom stereocenters. The third-order valence-corrected chi connectivity index (χ3v) is 8.67. The van der Waals surface area contributed by atoms with Crippen molar-refractivity contribution in [3.8, 4) is 0 Å². The van der Waals surface area contributed by atoms with Crippen molar-refractivity contribution >= 4 is 27.9 Å². The number of benzene rings is 1. The van der Waals surface area contributed by atoms with E-state index in [9.17, 15) is 22.8 Å². The molecule has 4 amide bonds. The molecule has 1 aliphatic carbocycles. The average molecular weight is 465 g/mol. The fourth-order valence-corrected chi connectivity index (χ4v) is 5.63. The maximum absolute atomic E-state index is 12.9. The molecule has 32 heavy (non-hydrogen) atoms. The van der Waals surface area contributed by atoms with Crippen molar-refractivity contribution in [1.29, 1.82) is 0 Å². The Morgan fingerprint density at radius 1 is 1.25 bits per heavy atom. The number of carbonyl (C=O) groups is 3. The van der Waals surface area contributed by atoms with Gasteiger partial charge in [0.25, 0.3) is 5.91 Å². The molecule has 0 bridgehead atoms. The Morgan fingerprint density at radius 3 is 2.50 bits per heavy atom. The number of urea groups is 1. The minimum Gasteiger partial charge on any atom is -0.350 e. The van der Waals surface area contributed by atoms with E-state index < -0.39 is 27.5 Å². The first-order valence-corrected chi connectivity index (χ1v) is 12.4. The van der Waals surface area contributed by atoms with Crippen molar-refractivity contribution in [3.05, 3.63) is 29.8 Å². The van der Waals surface area contributed by atoms with Crippen molar-refractivity contribution in [3.63, 3.8) is 0 Å². The lowest BCUT2D eigenvalue weighted by molar-refractivity contribution is -0.137. The van der Waals surface area contributed by atoms with Crippen LogP contribution in [0, 0.1) is 5.92 Å². The molecule has 1 saturated heterocycles. The Morgan fingerprint density at radius 2 is 1.91 bits per heavy atom. The van der Waals surface area contributed by atoms with Crippen molar-refractivity contribution < 1.29 is 22.8 Å². The summed E-state index contributed by atoms with van der Waals surface area (Å²) in [6.07, 6.45) is 3.36. The lowest BCUT2D eigenvalue weighted by Gasteiger charge is -2.36. The summed E-state index contributed by atoms with van der Waals surface area (Å²) in [5.74, 6) is -0.746. The van der Waals surface area contributed by atoms with E-state index in [4.69, 9.17) is 0 Å². The van der Waals surface area contributed by atoms with Crippen molar-refractivity contribution in [2.75, 3.05) is 13.6 Å². The molecule has 1 aliphatic heterocycles. The summed E-state index contributed by atoms with van der Waals surface area (Å²) in [4.78, 5) is 38.9. The van der Waals surface area contributed by atoms with Gasteiger partial charge in [0.15, 0.2) is 0 Å². The molecule has 1 saturated carbocycles. The molecule has 1 spiro atoms. The van der Waals surface area contributed by atoms with Crippen LogP contribution in [-0.2, 0) is 26.2 Å². The van der Waals surface area contributed by atoms with Crippen molar-refractivity contribution in [1.82, 2.24) is 19.8 Å². The summed E-state index contributed by atoms with van der Waals surface area (Å²) in [6, 6.07) is 5.58. The van der Waals surface area contributed by atoms with E-state index in [1.54, 1.807) is 26.0 Å². The van der Waals surface area contributed by atoms with Gasteiger partial charge in [0.2, 0.25) is 15.9 Å². The van der Waals surface area contributed by atoms with Crippen LogP contribution in [0.3, 0.4) is 0 Å². The van der Waals surface area contributed by atoms with E-state index >= 15 is 0 Å². The normalized spacial score (nSPS) is 23.8. The molecular weight excluding hydrogens is 432 g/mol. The van der Waals surface area contributed by atoms with E-state index in [-0.39, 0.29) is 35.9 Å². The van der Waals surface area contributed by atoms with Gasteiger partial charge in [-0.15, -0.1) is 0 Å². The second-order valence-electron chi connectivity index (χ2n) is 8.98. The molecule has 10 heteroatoms. The van der Waals surface area contributed by atoms with E-state index in [1.807, 2.05) is 6.92 Å². The Bertz CT molecular complexity index is 992. The van der Waals surface area contributed by atoms with Crippen molar-refractivity contribution in [2.24, 2.45) is 5.92 Å². The first-order valence-electron chi connectivity index (χ1n) is 11.0. The second kappa shape index (κ2) is 9.19. The van der Waals surface area contributed by atoms with Gasteiger partial charge in [0.1, 0.15) is 12.1 Å². The van der Waals surface area contributed by atoms with Crippen molar-refractivity contribution in [2.45, 2.75) is 69.5 Å². The molecule has 0 aromatic heterocycles. The van der Waals surface area contributed by atoms with Crippen LogP contribution < -0.4 is 10.6 Å². The number of hydrogen-bond donors (Lipinski definition) is 2. The number of hydrogen-bond acceptors (Lipinski definition) is 5. The predicted octanol–water partition coefficient (Wildman–Crippen LogP) is 1.83. The van der Waals surface area contributed by atoms with Gasteiger partial charge in [-0.05, 0) is 50.3 Å². The lowest BCUT2D eigenvalue weighted by atomic mass is 9.73. The van der Waals surface area contributed by atoms with Gasteiger partial charge < -0.3 is 10.6 Å². The third kappa shape index (κ3) is 4.52. The number of nitrogens with one attached hydrogen (secondary N) is 2. The van der Waals surface area contributed by atoms with E-state index in [1.165, 1.54) is 23.5 Å². The summed E-state index contributed by atoms with van der Waals surface area (Å²) >= 11 is 0. The number of sulfonamides is 1. The molecule has 1 heterocycles. The predicted molar refractivity (Wildman–Crippen MR) is 119 cm³/mol. The smallest absolute Gasteiger partial charge is 0.325 e. The third-order valence-electron chi connectivity index (χ3n) is 6.62. The van der Waals surface area contributed by atoms with Crippen LogP contribution in [0.5, 0.6) is 0 Å². The van der Waals surface area contributed by atoms with Crippen LogP contribution in [0.1, 0.15) is 52.0 Å². The van der Waals surface area contributed by atoms with Crippen LogP contribution >= 0.6 is 0 Å². The second-order valence-corrected chi connectivity index (χ2v) is 11.0. The molecule has 2 aliphatic rings. The Kier molecular flexibility index (Phi) is 6.94. The van der Waals surface area contributed by atoms with E-state index in [0.717, 1.165) is 24.2 Å². The van der Waals surface area contributed by atoms with Crippen LogP contribution in [0.4, 0.5) is 4.79 Å². The minimum atomic E-state index is -3.58. The fraction of sp³-hybridized carbons (Fsp3) is 0.591. The van der Waals surface area contributed by atoms with Crippen LogP contribution in [-0.4, -0.2) is 60.6 Å². The Labute approximate surface area is 189 Å². The number of amides is 4. The molecule has 2 fully saturated rings. The highest BCUT2D eigenvalue weighted by molar-refractivity contribution is 7.89. The summed E-state index contributed by atoms with van der Waals surface area (Å²) in [7, 11) is -2.05. The molecular formula is C22H32N4O5S. The SMILES string of the molecule is CC(C)N(C)S(=O)(=O)c1ccc(CNC(=O)CN2C(=O)NC3(CCCCC3C)C2=O)cc1. The number of nitrogens with zero attached hydrogens (tertiary/aromatic N) is 2. The number of carbonyl (C=O) groups excluding carboxylic acids is 3. The fourth-order valence-electron chi connectivity index (χ4n) is 4.26. The standard InChI is InChI=1S/C22H32N4O5S/c1-15(2)25(4)32(30,31)18-10-8-17(9-11-18)13-23-19(27)14-26-20(28)22(24-21(26)29)12-6-5-7-16(22)3/h8-11,15-16H,5-7,12-14H2,1-4H3,(H,23,27)(H,24,29). The van der Waals surface area contributed by atoms with Gasteiger partial charge in [-0.25, -0.2) is 13.2 Å². The van der Waals surface area contributed by atoms with Gasteiger partial charge in [0.05, 0.1) is 4.90 Å². The molecule has 2 N–H and O–H groups in total. The summed E-state index contributed by atoms with van der Waals surface area (Å²) in [5.41, 5.74) is -0.181. The highest BCUT2D eigenvalue weighted by Gasteiger charge is 2.55. The quantitative estimate of drug-likeness (QED) is 0.598. The summed E-state index contributed by atoms with van der Waals surface area (Å²) in [6.45, 7) is 5.37.